The number of imide groups is 1. The average molecular weight is 923 g/mol. The van der Waals surface area contributed by atoms with E-state index in [0.717, 1.165) is 57.1 Å². The minimum atomic E-state index is -1.14. The molecule has 3 aliphatic rings. The quantitative estimate of drug-likeness (QED) is 0.0681. The van der Waals surface area contributed by atoms with E-state index in [1.54, 1.807) is 30.9 Å². The molecule has 2 aliphatic heterocycles. The van der Waals surface area contributed by atoms with Crippen LogP contribution in [0, 0.1) is 23.7 Å². The molecule has 0 radical (unpaired) electrons. The third-order valence-electron chi connectivity index (χ3n) is 14.1. The fourth-order valence-electron chi connectivity index (χ4n) is 10.0. The number of ether oxygens (including phenoxy) is 2. The monoisotopic (exact) mass is 923 g/mol. The SMILES string of the molecule is CC[C@H](C)[C@@H]([C@@H](CC(=O)N1CCC[C@H]1[C@H](OC)[C@@H](C)C(=O)N[C@@H](Cc1ccccc1)C(=O)O)OC)N(C)C(=O)[C@@H](NC(=O)CC1CC[C@H](NCCCCCCN2C(=O)C=CC2=O)C1)C(C)C. The van der Waals surface area contributed by atoms with Gasteiger partial charge in [-0.25, -0.2) is 4.79 Å². The molecule has 368 valence electrons. The molecule has 2 fully saturated rings. The van der Waals surface area contributed by atoms with Gasteiger partial charge in [0, 0.05) is 65.4 Å². The van der Waals surface area contributed by atoms with E-state index in [9.17, 15) is 38.7 Å². The Labute approximate surface area is 392 Å². The summed E-state index contributed by atoms with van der Waals surface area (Å²) in [7, 11) is 4.76. The lowest BCUT2D eigenvalue weighted by Gasteiger charge is -2.41. The normalized spacial score (nSPS) is 21.6. The first-order valence-electron chi connectivity index (χ1n) is 24.3. The summed E-state index contributed by atoms with van der Waals surface area (Å²) in [6.45, 7) is 11.3. The topological polar surface area (TPSA) is 204 Å². The van der Waals surface area contributed by atoms with Gasteiger partial charge in [0.15, 0.2) is 0 Å². The first-order valence-corrected chi connectivity index (χ1v) is 24.3. The van der Waals surface area contributed by atoms with E-state index in [0.29, 0.717) is 44.8 Å². The van der Waals surface area contributed by atoms with Crippen molar-refractivity contribution in [2.75, 3.05) is 40.9 Å². The van der Waals surface area contributed by atoms with Gasteiger partial charge in [-0.05, 0) is 74.8 Å². The van der Waals surface area contributed by atoms with Crippen molar-refractivity contribution in [1.29, 1.82) is 0 Å². The Morgan fingerprint density at radius 1 is 0.894 bits per heavy atom. The van der Waals surface area contributed by atoms with E-state index in [-0.39, 0.29) is 60.1 Å². The largest absolute Gasteiger partial charge is 0.480 e. The zero-order chi connectivity index (χ0) is 48.5. The Kier molecular flexibility index (Phi) is 21.7. The maximum atomic E-state index is 14.4. The van der Waals surface area contributed by atoms with Crippen LogP contribution < -0.4 is 16.0 Å². The number of likely N-dealkylation sites (tertiary alicyclic amines) is 1. The summed E-state index contributed by atoms with van der Waals surface area (Å²) in [4.78, 5) is 96.1. The Balaban J connectivity index is 1.30. The molecule has 1 aromatic carbocycles. The zero-order valence-corrected chi connectivity index (χ0v) is 40.7. The molecule has 0 spiro atoms. The van der Waals surface area contributed by atoms with Gasteiger partial charge in [-0.3, -0.25) is 33.7 Å². The van der Waals surface area contributed by atoms with Gasteiger partial charge < -0.3 is 40.3 Å². The average Bonchev–Trinajstić information content (AvgIpc) is 4.05. The van der Waals surface area contributed by atoms with Gasteiger partial charge in [-0.2, -0.15) is 0 Å². The van der Waals surface area contributed by atoms with Crippen molar-refractivity contribution < 1.29 is 48.1 Å². The molecular formula is C50H78N6O10. The van der Waals surface area contributed by atoms with E-state index in [2.05, 4.69) is 16.0 Å². The number of nitrogens with zero attached hydrogens (tertiary/aromatic N) is 3. The number of carboxylic acid groups (broad SMARTS) is 1. The maximum Gasteiger partial charge on any atom is 0.326 e. The summed E-state index contributed by atoms with van der Waals surface area (Å²) in [5, 5.41) is 19.3. The second-order valence-electron chi connectivity index (χ2n) is 19.1. The molecule has 4 rings (SSSR count). The molecule has 1 aromatic rings. The number of benzene rings is 1. The molecule has 1 aliphatic carbocycles. The number of carbonyl (C=O) groups excluding carboxylic acids is 6. The van der Waals surface area contributed by atoms with Gasteiger partial charge in [0.05, 0.1) is 36.6 Å². The van der Waals surface area contributed by atoms with Gasteiger partial charge in [0.25, 0.3) is 11.8 Å². The second-order valence-corrected chi connectivity index (χ2v) is 19.1. The number of rotatable bonds is 28. The number of amides is 6. The van der Waals surface area contributed by atoms with Crippen LogP contribution in [-0.4, -0.2) is 145 Å². The summed E-state index contributed by atoms with van der Waals surface area (Å²) in [6.07, 6.45) is 10.2. The van der Waals surface area contributed by atoms with Crippen molar-refractivity contribution in [1.82, 2.24) is 30.7 Å². The van der Waals surface area contributed by atoms with Crippen molar-refractivity contribution in [2.24, 2.45) is 23.7 Å². The highest BCUT2D eigenvalue weighted by Crippen LogP contribution is 2.31. The van der Waals surface area contributed by atoms with Crippen LogP contribution >= 0.6 is 0 Å². The summed E-state index contributed by atoms with van der Waals surface area (Å²) in [5.74, 6) is -3.51. The van der Waals surface area contributed by atoms with Crippen LogP contribution in [0.25, 0.3) is 0 Å². The summed E-state index contributed by atoms with van der Waals surface area (Å²) in [5.41, 5.74) is 0.779. The lowest BCUT2D eigenvalue weighted by atomic mass is 9.89. The van der Waals surface area contributed by atoms with Crippen LogP contribution in [0.2, 0.25) is 0 Å². The highest BCUT2D eigenvalue weighted by Gasteiger charge is 2.43. The van der Waals surface area contributed by atoms with Crippen molar-refractivity contribution in [3.05, 3.63) is 48.0 Å². The Morgan fingerprint density at radius 3 is 2.20 bits per heavy atom. The Hall–Kier alpha value is -4.67. The molecule has 4 N–H and O–H groups in total. The van der Waals surface area contributed by atoms with Crippen molar-refractivity contribution in [3.63, 3.8) is 0 Å². The van der Waals surface area contributed by atoms with Gasteiger partial charge in [-0.1, -0.05) is 84.2 Å². The molecule has 10 atom stereocenters. The zero-order valence-electron chi connectivity index (χ0n) is 40.7. The number of hydrogen-bond acceptors (Lipinski definition) is 10. The predicted octanol–water partition coefficient (Wildman–Crippen LogP) is 4.49. The standard InChI is InChI=1S/C50H78N6O10/c1-9-33(4)46(40(65-7)31-44(60)55-27-17-20-39(55)47(66-8)34(5)48(61)52-38(50(63)64)29-35-18-13-12-14-19-35)54(6)49(62)45(32(2)3)53-41(57)30-36-21-22-37(28-36)51-25-15-10-11-16-26-56-42(58)23-24-43(56)59/h12-14,18-19,23-24,32-34,36-40,45-47,51H,9-11,15-17,20-22,25-31H2,1-8H3,(H,52,61)(H,53,57)(H,63,64)/t33-,34+,36?,37-,38-,39-,40+,45-,46-,47+/m0/s1. The Bertz CT molecular complexity index is 1790. The van der Waals surface area contributed by atoms with E-state index in [4.69, 9.17) is 9.47 Å². The predicted molar refractivity (Wildman–Crippen MR) is 251 cm³/mol. The number of carbonyl (C=O) groups is 7. The van der Waals surface area contributed by atoms with Crippen molar-refractivity contribution in [3.8, 4) is 0 Å². The van der Waals surface area contributed by atoms with E-state index < -0.39 is 54.2 Å². The lowest BCUT2D eigenvalue weighted by molar-refractivity contribution is -0.148. The van der Waals surface area contributed by atoms with E-state index >= 15 is 0 Å². The molecule has 66 heavy (non-hydrogen) atoms. The fourth-order valence-corrected chi connectivity index (χ4v) is 10.0. The number of unbranched alkanes of at least 4 members (excludes halogenated alkanes) is 3. The van der Waals surface area contributed by atoms with Crippen LogP contribution in [0.15, 0.2) is 42.5 Å². The molecule has 1 saturated carbocycles. The van der Waals surface area contributed by atoms with Crippen molar-refractivity contribution in [2.45, 2.75) is 161 Å². The minimum absolute atomic E-state index is 0.0224. The number of carboxylic acids is 1. The van der Waals surface area contributed by atoms with E-state index in [1.165, 1.54) is 24.2 Å². The second kappa shape index (κ2) is 26.6. The highest BCUT2D eigenvalue weighted by molar-refractivity contribution is 6.12. The molecule has 1 unspecified atom stereocenters. The number of methoxy groups -OCH3 is 2. The van der Waals surface area contributed by atoms with Crippen LogP contribution in [0.5, 0.6) is 0 Å². The fraction of sp³-hybridized carbons (Fsp3) is 0.700. The van der Waals surface area contributed by atoms with Gasteiger partial charge >= 0.3 is 5.97 Å². The summed E-state index contributed by atoms with van der Waals surface area (Å²) >= 11 is 0. The molecule has 16 nitrogen and oxygen atoms in total. The molecule has 0 aromatic heterocycles. The smallest absolute Gasteiger partial charge is 0.326 e. The molecule has 16 heteroatoms. The van der Waals surface area contributed by atoms with Gasteiger partial charge in [-0.15, -0.1) is 0 Å². The van der Waals surface area contributed by atoms with Gasteiger partial charge in [0.2, 0.25) is 23.6 Å². The van der Waals surface area contributed by atoms with E-state index in [1.807, 2.05) is 58.0 Å². The molecule has 6 amide bonds. The maximum absolute atomic E-state index is 14.4. The van der Waals surface area contributed by atoms with Crippen LogP contribution in [-0.2, 0) is 49.5 Å². The molecule has 0 bridgehead atoms. The molecular weight excluding hydrogens is 845 g/mol. The van der Waals surface area contributed by atoms with Gasteiger partial charge in [0.1, 0.15) is 12.1 Å². The lowest BCUT2D eigenvalue weighted by Crippen LogP contribution is -2.58. The summed E-state index contributed by atoms with van der Waals surface area (Å²) in [6, 6.07) is 6.58. The highest BCUT2D eigenvalue weighted by atomic mass is 16.5. The summed E-state index contributed by atoms with van der Waals surface area (Å²) < 4.78 is 11.9. The molecule has 1 saturated heterocycles. The third kappa shape index (κ3) is 15.2. The third-order valence-corrected chi connectivity index (χ3v) is 14.1. The van der Waals surface area contributed by atoms with Crippen LogP contribution in [0.4, 0.5) is 0 Å². The molecule has 2 heterocycles. The number of nitrogens with one attached hydrogen (secondary N) is 3. The Morgan fingerprint density at radius 2 is 1.58 bits per heavy atom. The van der Waals surface area contributed by atoms with Crippen molar-refractivity contribution >= 4 is 41.4 Å². The number of likely N-dealkylation sites (N-methyl/N-ethyl adjacent to an activating group) is 1. The first-order chi connectivity index (χ1) is 31.5. The van der Waals surface area contributed by atoms with Crippen LogP contribution in [0.3, 0.4) is 0 Å². The number of hydrogen-bond donors (Lipinski definition) is 4. The number of aliphatic carboxylic acids is 1. The minimum Gasteiger partial charge on any atom is -0.480 e. The first kappa shape index (κ1) is 53.9. The van der Waals surface area contributed by atoms with Crippen LogP contribution in [0.1, 0.15) is 117 Å².